The number of hydrogen-bond donors (Lipinski definition) is 1. The fraction of sp³-hybridized carbons (Fsp3) is 0.500. The molecule has 1 unspecified atom stereocenters. The number of hydrogen-bond acceptors (Lipinski definition) is 4. The van der Waals surface area contributed by atoms with E-state index in [0.717, 1.165) is 11.3 Å². The molecule has 0 aliphatic rings. The molecule has 1 aromatic carbocycles. The summed E-state index contributed by atoms with van der Waals surface area (Å²) in [6, 6.07) is 4.81. The van der Waals surface area contributed by atoms with Gasteiger partial charge < -0.3 is 4.90 Å². The van der Waals surface area contributed by atoms with Crippen molar-refractivity contribution in [3.05, 3.63) is 23.8 Å². The zero-order valence-corrected chi connectivity index (χ0v) is 13.4. The molecule has 112 valence electrons. The highest BCUT2D eigenvalue weighted by molar-refractivity contribution is 7.90. The number of nitrogens with one attached hydrogen (secondary N) is 1. The Morgan fingerprint density at radius 1 is 1.35 bits per heavy atom. The lowest BCUT2D eigenvalue weighted by Gasteiger charge is -2.17. The van der Waals surface area contributed by atoms with Gasteiger partial charge in [-0.25, -0.2) is 13.1 Å². The van der Waals surface area contributed by atoms with Crippen molar-refractivity contribution in [3.63, 3.8) is 0 Å². The molecule has 0 bridgehead atoms. The molecule has 0 aliphatic heterocycles. The maximum absolute atomic E-state index is 12.2. The summed E-state index contributed by atoms with van der Waals surface area (Å²) in [5.74, 6) is -0.803. The molecule has 1 atom stereocenters. The van der Waals surface area contributed by atoms with E-state index in [1.54, 1.807) is 19.1 Å². The van der Waals surface area contributed by atoms with Crippen molar-refractivity contribution in [2.45, 2.75) is 32.1 Å². The average Bonchev–Trinajstić information content (AvgIpc) is 2.36. The molecule has 1 rings (SSSR count). The molecule has 0 aliphatic carbocycles. The van der Waals surface area contributed by atoms with Crippen molar-refractivity contribution in [1.29, 1.82) is 0 Å². The van der Waals surface area contributed by atoms with Gasteiger partial charge in [-0.2, -0.15) is 0 Å². The summed E-state index contributed by atoms with van der Waals surface area (Å²) >= 11 is 0. The molecule has 0 fully saturated rings. The molecule has 0 heterocycles. The average molecular weight is 298 g/mol. The van der Waals surface area contributed by atoms with Gasteiger partial charge in [-0.3, -0.25) is 4.79 Å². The second-order valence-electron chi connectivity index (χ2n) is 5.12. The molecule has 5 nitrogen and oxygen atoms in total. The van der Waals surface area contributed by atoms with Crippen molar-refractivity contribution >= 4 is 21.6 Å². The Hall–Kier alpha value is -1.56. The summed E-state index contributed by atoms with van der Waals surface area (Å²) in [6.07, 6.45) is 0.595. The van der Waals surface area contributed by atoms with E-state index >= 15 is 0 Å². The van der Waals surface area contributed by atoms with E-state index in [1.165, 1.54) is 6.07 Å². The van der Waals surface area contributed by atoms with Gasteiger partial charge in [-0.1, -0.05) is 19.9 Å². The molecule has 0 aromatic heterocycles. The van der Waals surface area contributed by atoms with Crippen molar-refractivity contribution in [2.24, 2.45) is 5.92 Å². The largest absolute Gasteiger partial charge is 0.377 e. The number of carbonyl (C=O) groups is 1. The first-order chi connectivity index (χ1) is 9.19. The van der Waals surface area contributed by atoms with Gasteiger partial charge in [-0.15, -0.1) is 0 Å². The highest BCUT2D eigenvalue weighted by Crippen LogP contribution is 2.22. The Balaban J connectivity index is 3.11. The number of carbonyl (C=O) groups excluding carboxylic acids is 1. The molecular formula is C14H22N2O3S. The molecule has 20 heavy (non-hydrogen) atoms. The molecule has 1 aromatic rings. The van der Waals surface area contributed by atoms with E-state index in [4.69, 9.17) is 0 Å². The van der Waals surface area contributed by atoms with Crippen molar-refractivity contribution in [3.8, 4) is 0 Å². The van der Waals surface area contributed by atoms with Crippen LogP contribution in [0.5, 0.6) is 0 Å². The van der Waals surface area contributed by atoms with Gasteiger partial charge in [0.25, 0.3) is 10.0 Å². The van der Waals surface area contributed by atoms with E-state index in [2.05, 4.69) is 4.72 Å². The molecule has 0 radical (unpaired) electrons. The Morgan fingerprint density at radius 2 is 1.95 bits per heavy atom. The number of sulfonamides is 1. The Morgan fingerprint density at radius 3 is 2.45 bits per heavy atom. The molecular weight excluding hydrogens is 276 g/mol. The van der Waals surface area contributed by atoms with Crippen molar-refractivity contribution in [2.75, 3.05) is 19.0 Å². The molecule has 0 saturated carbocycles. The Kier molecular flexibility index (Phi) is 5.16. The van der Waals surface area contributed by atoms with Crippen LogP contribution in [0.3, 0.4) is 0 Å². The second kappa shape index (κ2) is 6.26. The maximum atomic E-state index is 12.2. The summed E-state index contributed by atoms with van der Waals surface area (Å²) in [5, 5.41) is 0. The predicted molar refractivity (Wildman–Crippen MR) is 80.3 cm³/mol. The molecule has 0 saturated heterocycles. The van der Waals surface area contributed by atoms with Crippen LogP contribution in [0.25, 0.3) is 0 Å². The van der Waals surface area contributed by atoms with E-state index in [0.29, 0.717) is 6.42 Å². The fourth-order valence-corrected chi connectivity index (χ4v) is 2.81. The highest BCUT2D eigenvalue weighted by Gasteiger charge is 2.21. The van der Waals surface area contributed by atoms with Crippen molar-refractivity contribution in [1.82, 2.24) is 4.72 Å². The van der Waals surface area contributed by atoms with Crippen LogP contribution in [0.4, 0.5) is 5.69 Å². The number of rotatable bonds is 5. The first-order valence-electron chi connectivity index (χ1n) is 6.53. The number of benzene rings is 1. The third-order valence-electron chi connectivity index (χ3n) is 3.27. The molecule has 1 amide bonds. The first-order valence-corrected chi connectivity index (χ1v) is 8.02. The topological polar surface area (TPSA) is 66.5 Å². The zero-order valence-electron chi connectivity index (χ0n) is 12.6. The normalized spacial score (nSPS) is 12.8. The number of nitrogens with zero attached hydrogens (tertiary/aromatic N) is 1. The van der Waals surface area contributed by atoms with Gasteiger partial charge in [0.05, 0.1) is 4.90 Å². The minimum atomic E-state index is -3.81. The predicted octanol–water partition coefficient (Wildman–Crippen LogP) is 1.91. The maximum Gasteiger partial charge on any atom is 0.264 e. The van der Waals surface area contributed by atoms with Gasteiger partial charge in [0, 0.05) is 25.7 Å². The first kappa shape index (κ1) is 16.5. The van der Waals surface area contributed by atoms with Crippen molar-refractivity contribution < 1.29 is 13.2 Å². The van der Waals surface area contributed by atoms with Crippen LogP contribution in [0.2, 0.25) is 0 Å². The third-order valence-corrected chi connectivity index (χ3v) is 4.61. The van der Waals surface area contributed by atoms with E-state index < -0.39 is 15.9 Å². The fourth-order valence-electron chi connectivity index (χ4n) is 1.72. The van der Waals surface area contributed by atoms with Crippen LogP contribution in [-0.2, 0) is 14.8 Å². The van der Waals surface area contributed by atoms with E-state index in [1.807, 2.05) is 32.8 Å². The van der Waals surface area contributed by atoms with Gasteiger partial charge in [0.2, 0.25) is 5.91 Å². The zero-order chi connectivity index (χ0) is 15.5. The molecule has 1 N–H and O–H groups in total. The summed E-state index contributed by atoms with van der Waals surface area (Å²) in [5.41, 5.74) is 1.78. The minimum absolute atomic E-state index is 0.100. The van der Waals surface area contributed by atoms with Crippen LogP contribution < -0.4 is 9.62 Å². The monoisotopic (exact) mass is 298 g/mol. The van der Waals surface area contributed by atoms with Crippen LogP contribution in [0.1, 0.15) is 25.8 Å². The highest BCUT2D eigenvalue weighted by atomic mass is 32.2. The molecule has 6 heteroatoms. The SMILES string of the molecule is CCC(C)C(=O)NS(=O)(=O)c1ccc(C)c(N(C)C)c1. The van der Waals surface area contributed by atoms with Crippen LogP contribution in [0.15, 0.2) is 23.1 Å². The number of anilines is 1. The minimum Gasteiger partial charge on any atom is -0.377 e. The third kappa shape index (κ3) is 3.72. The standard InChI is InChI=1S/C14H22N2O3S/c1-6-10(2)14(17)15-20(18,19)12-8-7-11(3)13(9-12)16(4)5/h7-10H,6H2,1-5H3,(H,15,17). The smallest absolute Gasteiger partial charge is 0.264 e. The van der Waals surface area contributed by atoms with Gasteiger partial charge in [0.1, 0.15) is 0 Å². The lowest BCUT2D eigenvalue weighted by molar-refractivity contribution is -0.122. The van der Waals surface area contributed by atoms with Gasteiger partial charge in [0.15, 0.2) is 0 Å². The lowest BCUT2D eigenvalue weighted by Crippen LogP contribution is -2.34. The Bertz CT molecular complexity index is 594. The van der Waals surface area contributed by atoms with Crippen LogP contribution in [-0.4, -0.2) is 28.4 Å². The Labute approximate surface area is 121 Å². The van der Waals surface area contributed by atoms with Gasteiger partial charge >= 0.3 is 0 Å². The number of aryl methyl sites for hydroxylation is 1. The summed E-state index contributed by atoms with van der Waals surface area (Å²) in [7, 11) is -0.126. The second-order valence-corrected chi connectivity index (χ2v) is 6.80. The quantitative estimate of drug-likeness (QED) is 0.902. The lowest BCUT2D eigenvalue weighted by atomic mass is 10.1. The van der Waals surface area contributed by atoms with E-state index in [9.17, 15) is 13.2 Å². The van der Waals surface area contributed by atoms with Crippen LogP contribution in [0, 0.1) is 12.8 Å². The van der Waals surface area contributed by atoms with Crippen LogP contribution >= 0.6 is 0 Å². The summed E-state index contributed by atoms with van der Waals surface area (Å²) in [6.45, 7) is 5.45. The number of amides is 1. The van der Waals surface area contributed by atoms with E-state index in [-0.39, 0.29) is 10.8 Å². The summed E-state index contributed by atoms with van der Waals surface area (Å²) in [4.78, 5) is 13.7. The van der Waals surface area contributed by atoms with Gasteiger partial charge in [-0.05, 0) is 31.0 Å². The summed E-state index contributed by atoms with van der Waals surface area (Å²) < 4.78 is 26.5. The molecule has 0 spiro atoms.